The van der Waals surface area contributed by atoms with E-state index in [0.717, 1.165) is 7.11 Å². The van der Waals surface area contributed by atoms with E-state index in [4.69, 9.17) is 28.4 Å². The summed E-state index contributed by atoms with van der Waals surface area (Å²) < 4.78 is 31.9. The summed E-state index contributed by atoms with van der Waals surface area (Å²) in [6.45, 7) is -1.22. The molecule has 3 aliphatic rings. The van der Waals surface area contributed by atoms with Crippen LogP contribution in [0.15, 0.2) is 0 Å². The van der Waals surface area contributed by atoms with Crippen molar-refractivity contribution < 1.29 is 79.2 Å². The van der Waals surface area contributed by atoms with Crippen molar-refractivity contribution >= 4 is 5.97 Å². The van der Waals surface area contributed by atoms with Crippen molar-refractivity contribution in [1.29, 1.82) is 0 Å². The molecule has 16 heteroatoms. The lowest BCUT2D eigenvalue weighted by Gasteiger charge is -2.47. The molecule has 3 fully saturated rings. The third-order valence-electron chi connectivity index (χ3n) is 5.88. The maximum Gasteiger partial charge on any atom is 0.335 e. The summed E-state index contributed by atoms with van der Waals surface area (Å²) in [5.41, 5.74) is 0. The number of carboxylic acids is 1. The monoisotopic (exact) mass is 502 g/mol. The highest BCUT2D eigenvalue weighted by Crippen LogP contribution is 2.32. The lowest BCUT2D eigenvalue weighted by atomic mass is 9.96. The minimum atomic E-state index is -1.97. The van der Waals surface area contributed by atoms with Crippen LogP contribution in [0.2, 0.25) is 0 Å². The molecule has 198 valence electrons. The van der Waals surface area contributed by atoms with Crippen molar-refractivity contribution in [2.24, 2.45) is 0 Å². The van der Waals surface area contributed by atoms with Gasteiger partial charge in [-0.25, -0.2) is 4.79 Å². The summed E-state index contributed by atoms with van der Waals surface area (Å²) in [5.74, 6) is -1.60. The zero-order valence-corrected chi connectivity index (χ0v) is 17.9. The van der Waals surface area contributed by atoms with Crippen molar-refractivity contribution in [3.05, 3.63) is 0 Å². The summed E-state index contributed by atoms with van der Waals surface area (Å²) in [6.07, 6.45) is -23.8. The zero-order valence-electron chi connectivity index (χ0n) is 17.9. The van der Waals surface area contributed by atoms with E-state index in [2.05, 4.69) is 0 Å². The first kappa shape index (κ1) is 27.5. The lowest BCUT2D eigenvalue weighted by molar-refractivity contribution is -0.382. The van der Waals surface area contributed by atoms with Gasteiger partial charge in [-0.3, -0.25) is 0 Å². The Hall–Kier alpha value is -1.09. The Morgan fingerprint density at radius 3 is 2.00 bits per heavy atom. The van der Waals surface area contributed by atoms with Crippen LogP contribution in [0.1, 0.15) is 0 Å². The first-order valence-corrected chi connectivity index (χ1v) is 10.4. The van der Waals surface area contributed by atoms with Gasteiger partial charge in [0.1, 0.15) is 61.0 Å². The van der Waals surface area contributed by atoms with E-state index in [1.165, 1.54) is 0 Å². The summed E-state index contributed by atoms with van der Waals surface area (Å²) >= 11 is 0. The number of carboxylic acid groups (broad SMARTS) is 1. The highest BCUT2D eigenvalue weighted by molar-refractivity contribution is 5.73. The summed E-state index contributed by atoms with van der Waals surface area (Å²) in [6, 6.07) is 0. The van der Waals surface area contributed by atoms with Gasteiger partial charge in [-0.05, 0) is 0 Å². The van der Waals surface area contributed by atoms with E-state index in [1.54, 1.807) is 0 Å². The number of carbonyl (C=O) groups is 1. The fourth-order valence-corrected chi connectivity index (χ4v) is 3.91. The normalized spacial score (nSPS) is 50.1. The molecule has 14 atom stereocenters. The van der Waals surface area contributed by atoms with E-state index in [1.807, 2.05) is 0 Å². The van der Waals surface area contributed by atoms with E-state index < -0.39 is 105 Å². The standard InChI is InChI=1S/C18H30O16/c1-29-18-14(34-17-10(25)8(23)7(22)5(2-19)31-17)12(11(26)13(33-18)15(27)28)32-16-9(24)6(21)4(20)3-30-16/h4-14,16-26H,2-3H2,1H3,(H,27,28)/t4-,5?,6?,7+,8?,9?,10?,11+,12?,13?,14?,16+,17+,18-/m1/s1. The van der Waals surface area contributed by atoms with Crippen LogP contribution in [0.4, 0.5) is 0 Å². The van der Waals surface area contributed by atoms with Crippen LogP contribution in [-0.4, -0.2) is 158 Å². The van der Waals surface area contributed by atoms with Gasteiger partial charge in [0.2, 0.25) is 0 Å². The zero-order chi connectivity index (χ0) is 25.3. The molecule has 0 aromatic heterocycles. The van der Waals surface area contributed by atoms with Gasteiger partial charge >= 0.3 is 5.97 Å². The molecular formula is C18H30O16. The molecule has 34 heavy (non-hydrogen) atoms. The van der Waals surface area contributed by atoms with Crippen molar-refractivity contribution in [3.8, 4) is 0 Å². The Labute approximate surface area is 192 Å². The van der Waals surface area contributed by atoms with Crippen LogP contribution in [0.5, 0.6) is 0 Å². The van der Waals surface area contributed by atoms with E-state index in [-0.39, 0.29) is 0 Å². The van der Waals surface area contributed by atoms with Gasteiger partial charge in [-0.15, -0.1) is 0 Å². The number of aliphatic carboxylic acids is 1. The smallest absolute Gasteiger partial charge is 0.335 e. The number of ether oxygens (including phenoxy) is 6. The second kappa shape index (κ2) is 11.3. The van der Waals surface area contributed by atoms with Crippen molar-refractivity contribution in [3.63, 3.8) is 0 Å². The lowest BCUT2D eigenvalue weighted by Crippen LogP contribution is -2.67. The molecule has 3 aliphatic heterocycles. The van der Waals surface area contributed by atoms with Crippen LogP contribution in [0.25, 0.3) is 0 Å². The van der Waals surface area contributed by atoms with Gasteiger partial charge in [0.25, 0.3) is 0 Å². The third kappa shape index (κ3) is 5.35. The van der Waals surface area contributed by atoms with Gasteiger partial charge in [0.15, 0.2) is 25.0 Å². The Bertz CT molecular complexity index is 678. The first-order valence-electron chi connectivity index (χ1n) is 10.4. The molecule has 3 heterocycles. The molecule has 0 amide bonds. The fraction of sp³-hybridized carbons (Fsp3) is 0.944. The van der Waals surface area contributed by atoms with Crippen LogP contribution < -0.4 is 0 Å². The number of hydrogen-bond acceptors (Lipinski definition) is 15. The summed E-state index contributed by atoms with van der Waals surface area (Å²) in [5, 5.41) is 89.4. The maximum atomic E-state index is 11.6. The minimum Gasteiger partial charge on any atom is -0.479 e. The second-order valence-corrected chi connectivity index (χ2v) is 8.14. The minimum absolute atomic E-state index is 0.462. The van der Waals surface area contributed by atoms with Gasteiger partial charge in [-0.2, -0.15) is 0 Å². The van der Waals surface area contributed by atoms with Crippen LogP contribution in [0, 0.1) is 0 Å². The number of rotatable bonds is 7. The van der Waals surface area contributed by atoms with Gasteiger partial charge in [0.05, 0.1) is 13.2 Å². The molecule has 0 spiro atoms. The average molecular weight is 502 g/mol. The summed E-state index contributed by atoms with van der Waals surface area (Å²) in [7, 11) is 1.11. The Morgan fingerprint density at radius 2 is 1.41 bits per heavy atom. The molecule has 9 N–H and O–H groups in total. The molecule has 16 nitrogen and oxygen atoms in total. The molecule has 3 saturated heterocycles. The number of methoxy groups -OCH3 is 1. The topological polar surface area (TPSA) is 255 Å². The second-order valence-electron chi connectivity index (χ2n) is 8.14. The van der Waals surface area contributed by atoms with Gasteiger partial charge in [-0.1, -0.05) is 0 Å². The fourth-order valence-electron chi connectivity index (χ4n) is 3.91. The Balaban J connectivity index is 1.87. The highest BCUT2D eigenvalue weighted by Gasteiger charge is 2.55. The Kier molecular flexibility index (Phi) is 9.15. The van der Waals surface area contributed by atoms with E-state index >= 15 is 0 Å². The Morgan fingerprint density at radius 1 is 0.794 bits per heavy atom. The van der Waals surface area contributed by atoms with Crippen molar-refractivity contribution in [2.75, 3.05) is 20.3 Å². The molecule has 3 rings (SSSR count). The average Bonchev–Trinajstić information content (AvgIpc) is 2.81. The van der Waals surface area contributed by atoms with E-state index in [0.29, 0.717) is 0 Å². The van der Waals surface area contributed by atoms with Crippen molar-refractivity contribution in [1.82, 2.24) is 0 Å². The summed E-state index contributed by atoms with van der Waals surface area (Å²) in [4.78, 5) is 11.6. The molecule has 8 unspecified atom stereocenters. The predicted molar refractivity (Wildman–Crippen MR) is 101 cm³/mol. The largest absolute Gasteiger partial charge is 0.479 e. The van der Waals surface area contributed by atoms with Gasteiger partial charge in [0, 0.05) is 7.11 Å². The highest BCUT2D eigenvalue weighted by atomic mass is 16.8. The molecule has 0 bridgehead atoms. The third-order valence-corrected chi connectivity index (χ3v) is 5.88. The maximum absolute atomic E-state index is 11.6. The SMILES string of the molecule is CO[C@@H]1OC(C(=O)O)[C@@H](O)C(O[C@@H]2OC[C@@H](O)C(O)C2O)C1O[C@@H]1OC(CO)[C@H](O)C(O)C1O. The molecular weight excluding hydrogens is 472 g/mol. The molecule has 0 aromatic carbocycles. The molecule has 0 aliphatic carbocycles. The molecule has 0 aromatic rings. The quantitative estimate of drug-likeness (QED) is 0.157. The number of aliphatic hydroxyl groups excluding tert-OH is 8. The molecule has 0 radical (unpaired) electrons. The number of hydrogen-bond donors (Lipinski definition) is 9. The van der Waals surface area contributed by atoms with Crippen LogP contribution in [-0.2, 0) is 33.2 Å². The van der Waals surface area contributed by atoms with Crippen molar-refractivity contribution in [2.45, 2.75) is 86.0 Å². The van der Waals surface area contributed by atoms with E-state index in [9.17, 15) is 50.8 Å². The van der Waals surface area contributed by atoms with Crippen LogP contribution in [0.3, 0.4) is 0 Å². The first-order chi connectivity index (χ1) is 16.0. The van der Waals surface area contributed by atoms with Gasteiger partial charge < -0.3 is 74.4 Å². The number of aliphatic hydroxyl groups is 8. The predicted octanol–water partition coefficient (Wildman–Crippen LogP) is -6.19. The van der Waals surface area contributed by atoms with Crippen LogP contribution >= 0.6 is 0 Å². The molecule has 0 saturated carbocycles.